The number of nitrogens with one attached hydrogen (secondary N) is 1. The molecular weight excluding hydrogens is 329 g/mol. The molecule has 0 atom stereocenters. The van der Waals surface area contributed by atoms with E-state index in [0.29, 0.717) is 16.6 Å². The molecular formula is C14H11BrFNOS. The average Bonchev–Trinajstić information content (AvgIpc) is 2.40. The largest absolute Gasteiger partial charge is 0.348 e. The second kappa shape index (κ2) is 6.21. The van der Waals surface area contributed by atoms with Gasteiger partial charge in [-0.05, 0) is 51.8 Å². The summed E-state index contributed by atoms with van der Waals surface area (Å²) in [6.45, 7) is 0.350. The number of thiol groups is 1. The normalized spacial score (nSPS) is 10.3. The van der Waals surface area contributed by atoms with E-state index in [1.807, 2.05) is 0 Å². The third-order valence-corrected chi connectivity index (χ3v) is 3.53. The summed E-state index contributed by atoms with van der Waals surface area (Å²) in [5.41, 5.74) is 1.36. The monoisotopic (exact) mass is 339 g/mol. The molecule has 0 fully saturated rings. The Morgan fingerprint density at radius 1 is 1.21 bits per heavy atom. The van der Waals surface area contributed by atoms with E-state index >= 15 is 0 Å². The van der Waals surface area contributed by atoms with E-state index in [1.54, 1.807) is 30.3 Å². The van der Waals surface area contributed by atoms with Crippen molar-refractivity contribution < 1.29 is 9.18 Å². The van der Waals surface area contributed by atoms with Crippen molar-refractivity contribution >= 4 is 34.5 Å². The van der Waals surface area contributed by atoms with Crippen molar-refractivity contribution in [3.63, 3.8) is 0 Å². The second-order valence-corrected chi connectivity index (χ2v) is 5.34. The van der Waals surface area contributed by atoms with Crippen LogP contribution in [0.2, 0.25) is 0 Å². The minimum atomic E-state index is -0.291. The lowest BCUT2D eigenvalue weighted by Crippen LogP contribution is -2.23. The Labute approximate surface area is 124 Å². The summed E-state index contributed by atoms with van der Waals surface area (Å²) >= 11 is 7.53. The van der Waals surface area contributed by atoms with Crippen LogP contribution in [0.5, 0.6) is 0 Å². The fourth-order valence-corrected chi connectivity index (χ4v) is 2.20. The predicted octanol–water partition coefficient (Wildman–Crippen LogP) is 3.81. The number of amides is 1. The highest BCUT2D eigenvalue weighted by Gasteiger charge is 2.09. The van der Waals surface area contributed by atoms with Crippen molar-refractivity contribution in [2.24, 2.45) is 0 Å². The van der Waals surface area contributed by atoms with Crippen LogP contribution >= 0.6 is 28.6 Å². The molecule has 0 aliphatic heterocycles. The molecule has 0 radical (unpaired) electrons. The second-order valence-electron chi connectivity index (χ2n) is 3.97. The van der Waals surface area contributed by atoms with Gasteiger partial charge in [-0.2, -0.15) is 0 Å². The van der Waals surface area contributed by atoms with E-state index in [4.69, 9.17) is 0 Å². The van der Waals surface area contributed by atoms with Gasteiger partial charge in [0.15, 0.2) is 0 Å². The average molecular weight is 340 g/mol. The molecule has 0 saturated heterocycles. The summed E-state index contributed by atoms with van der Waals surface area (Å²) in [7, 11) is 0. The Balaban J connectivity index is 2.05. The number of benzene rings is 2. The van der Waals surface area contributed by atoms with Crippen LogP contribution in [0.3, 0.4) is 0 Å². The molecule has 0 saturated carbocycles. The lowest BCUT2D eigenvalue weighted by Gasteiger charge is -2.07. The summed E-state index contributed by atoms with van der Waals surface area (Å²) < 4.78 is 13.5. The zero-order valence-corrected chi connectivity index (χ0v) is 12.3. The van der Waals surface area contributed by atoms with Crippen molar-refractivity contribution in [1.82, 2.24) is 5.32 Å². The van der Waals surface area contributed by atoms with Gasteiger partial charge in [-0.25, -0.2) is 4.39 Å². The van der Waals surface area contributed by atoms with Crippen LogP contribution in [0, 0.1) is 5.82 Å². The standard InChI is InChI=1S/C14H11BrFNOS/c15-13-6-5-11(19)7-12(13)14(18)17-8-9-1-3-10(16)4-2-9/h1-7,19H,8H2,(H,17,18). The molecule has 1 amide bonds. The van der Waals surface area contributed by atoms with Gasteiger partial charge >= 0.3 is 0 Å². The number of carbonyl (C=O) groups excluding carboxylic acids is 1. The van der Waals surface area contributed by atoms with Gasteiger partial charge in [-0.3, -0.25) is 4.79 Å². The van der Waals surface area contributed by atoms with Gasteiger partial charge in [0, 0.05) is 15.9 Å². The third kappa shape index (κ3) is 3.81. The molecule has 0 aliphatic carbocycles. The first-order valence-corrected chi connectivity index (χ1v) is 6.81. The van der Waals surface area contributed by atoms with Crippen LogP contribution < -0.4 is 5.32 Å². The molecule has 19 heavy (non-hydrogen) atoms. The first-order valence-electron chi connectivity index (χ1n) is 5.57. The van der Waals surface area contributed by atoms with Crippen molar-refractivity contribution in [3.05, 3.63) is 63.9 Å². The molecule has 0 aliphatic rings. The molecule has 0 unspecified atom stereocenters. The molecule has 2 rings (SSSR count). The predicted molar refractivity (Wildman–Crippen MR) is 79.0 cm³/mol. The minimum absolute atomic E-state index is 0.202. The maximum Gasteiger partial charge on any atom is 0.252 e. The summed E-state index contributed by atoms with van der Waals surface area (Å²) in [5.74, 6) is -0.493. The molecule has 0 bridgehead atoms. The molecule has 0 aromatic heterocycles. The Morgan fingerprint density at radius 3 is 2.58 bits per heavy atom. The first-order chi connectivity index (χ1) is 9.06. The Bertz CT molecular complexity index is 601. The molecule has 98 valence electrons. The van der Waals surface area contributed by atoms with E-state index in [1.165, 1.54) is 12.1 Å². The van der Waals surface area contributed by atoms with Gasteiger partial charge in [0.05, 0.1) is 5.56 Å². The SMILES string of the molecule is O=C(NCc1ccc(F)cc1)c1cc(S)ccc1Br. The van der Waals surface area contributed by atoms with Crippen molar-refractivity contribution in [1.29, 1.82) is 0 Å². The number of carbonyl (C=O) groups is 1. The molecule has 2 nitrogen and oxygen atoms in total. The Morgan fingerprint density at radius 2 is 1.89 bits per heavy atom. The van der Waals surface area contributed by atoms with Crippen molar-refractivity contribution in [2.75, 3.05) is 0 Å². The molecule has 0 heterocycles. The van der Waals surface area contributed by atoms with Crippen LogP contribution in [-0.4, -0.2) is 5.91 Å². The zero-order chi connectivity index (χ0) is 13.8. The van der Waals surface area contributed by atoms with Crippen LogP contribution in [0.4, 0.5) is 4.39 Å². The number of halogens is 2. The van der Waals surface area contributed by atoms with Crippen LogP contribution in [0.1, 0.15) is 15.9 Å². The Hall–Kier alpha value is -1.33. The van der Waals surface area contributed by atoms with Crippen LogP contribution in [0.25, 0.3) is 0 Å². The Kier molecular flexibility index (Phi) is 4.61. The molecule has 1 N–H and O–H groups in total. The van der Waals surface area contributed by atoms with Gasteiger partial charge in [-0.1, -0.05) is 12.1 Å². The topological polar surface area (TPSA) is 29.1 Å². The molecule has 2 aromatic rings. The quantitative estimate of drug-likeness (QED) is 0.818. The smallest absolute Gasteiger partial charge is 0.252 e. The molecule has 0 spiro atoms. The molecule has 5 heteroatoms. The number of hydrogen-bond donors (Lipinski definition) is 2. The maximum atomic E-state index is 12.7. The van der Waals surface area contributed by atoms with Crippen LogP contribution in [-0.2, 0) is 6.54 Å². The van der Waals surface area contributed by atoms with E-state index in [2.05, 4.69) is 33.9 Å². The summed E-state index contributed by atoms with van der Waals surface area (Å²) in [6.07, 6.45) is 0. The van der Waals surface area contributed by atoms with Gasteiger partial charge < -0.3 is 5.32 Å². The van der Waals surface area contributed by atoms with E-state index < -0.39 is 0 Å². The summed E-state index contributed by atoms with van der Waals surface area (Å²) in [4.78, 5) is 12.7. The van der Waals surface area contributed by atoms with Crippen LogP contribution in [0.15, 0.2) is 51.8 Å². The lowest BCUT2D eigenvalue weighted by atomic mass is 10.2. The maximum absolute atomic E-state index is 12.7. The zero-order valence-electron chi connectivity index (χ0n) is 9.86. The highest BCUT2D eigenvalue weighted by atomic mass is 79.9. The van der Waals surface area contributed by atoms with Gasteiger partial charge in [-0.15, -0.1) is 12.6 Å². The number of hydrogen-bond acceptors (Lipinski definition) is 2. The number of rotatable bonds is 3. The van der Waals surface area contributed by atoms with E-state index in [0.717, 1.165) is 10.5 Å². The fraction of sp³-hybridized carbons (Fsp3) is 0.0714. The van der Waals surface area contributed by atoms with Crippen molar-refractivity contribution in [3.8, 4) is 0 Å². The van der Waals surface area contributed by atoms with Gasteiger partial charge in [0.25, 0.3) is 5.91 Å². The third-order valence-electron chi connectivity index (χ3n) is 2.56. The van der Waals surface area contributed by atoms with Gasteiger partial charge in [0.1, 0.15) is 5.82 Å². The van der Waals surface area contributed by atoms with Gasteiger partial charge in [0.2, 0.25) is 0 Å². The van der Waals surface area contributed by atoms with E-state index in [-0.39, 0.29) is 11.7 Å². The first kappa shape index (κ1) is 14.1. The summed E-state index contributed by atoms with van der Waals surface area (Å²) in [5, 5.41) is 2.78. The highest BCUT2D eigenvalue weighted by molar-refractivity contribution is 9.10. The highest BCUT2D eigenvalue weighted by Crippen LogP contribution is 2.20. The van der Waals surface area contributed by atoms with E-state index in [9.17, 15) is 9.18 Å². The lowest BCUT2D eigenvalue weighted by molar-refractivity contribution is 0.0950. The molecule has 2 aromatic carbocycles. The fourth-order valence-electron chi connectivity index (χ4n) is 1.57. The summed E-state index contributed by atoms with van der Waals surface area (Å²) in [6, 6.07) is 11.3. The minimum Gasteiger partial charge on any atom is -0.348 e. The van der Waals surface area contributed by atoms with Crippen molar-refractivity contribution in [2.45, 2.75) is 11.4 Å².